The standard InChI is InChI=1S/C20H21FN2O2S.ClH/c1-22-11-6-12-23-20(24)19-15(14-7-2-4-9-17(14)25-19)13-26-18-10-5-3-8-16(18)21;/h2-5,7-10,22H,6,11-13H2,1H3,(H,23,24);1H. The first-order valence-corrected chi connectivity index (χ1v) is 9.50. The molecule has 0 aliphatic heterocycles. The van der Waals surface area contributed by atoms with Gasteiger partial charge in [0.1, 0.15) is 11.4 Å². The molecule has 4 nitrogen and oxygen atoms in total. The van der Waals surface area contributed by atoms with Crippen LogP contribution < -0.4 is 10.6 Å². The van der Waals surface area contributed by atoms with Crippen LogP contribution in [0, 0.1) is 5.82 Å². The van der Waals surface area contributed by atoms with Gasteiger partial charge in [-0.3, -0.25) is 4.79 Å². The zero-order chi connectivity index (χ0) is 18.4. The van der Waals surface area contributed by atoms with E-state index >= 15 is 0 Å². The molecular formula is C20H22ClFN2O2S. The van der Waals surface area contributed by atoms with Gasteiger partial charge in [-0.25, -0.2) is 4.39 Å². The van der Waals surface area contributed by atoms with E-state index < -0.39 is 0 Å². The fourth-order valence-corrected chi connectivity index (χ4v) is 3.65. The van der Waals surface area contributed by atoms with Crippen molar-refractivity contribution in [3.63, 3.8) is 0 Å². The zero-order valence-electron chi connectivity index (χ0n) is 15.0. The van der Waals surface area contributed by atoms with Gasteiger partial charge in [0.25, 0.3) is 5.91 Å². The Morgan fingerprint density at radius 3 is 2.63 bits per heavy atom. The Kier molecular flexibility index (Phi) is 8.16. The largest absolute Gasteiger partial charge is 0.451 e. The van der Waals surface area contributed by atoms with Crippen LogP contribution in [0.15, 0.2) is 57.8 Å². The van der Waals surface area contributed by atoms with Crippen LogP contribution in [0.5, 0.6) is 0 Å². The normalized spacial score (nSPS) is 10.6. The van der Waals surface area contributed by atoms with E-state index in [1.165, 1.54) is 17.8 Å². The maximum absolute atomic E-state index is 13.9. The lowest BCUT2D eigenvalue weighted by Crippen LogP contribution is -2.26. The first-order valence-electron chi connectivity index (χ1n) is 8.51. The quantitative estimate of drug-likeness (QED) is 0.421. The lowest BCUT2D eigenvalue weighted by molar-refractivity contribution is 0.0927. The lowest BCUT2D eigenvalue weighted by atomic mass is 10.1. The van der Waals surface area contributed by atoms with Crippen molar-refractivity contribution in [1.29, 1.82) is 0 Å². The third-order valence-corrected chi connectivity index (χ3v) is 5.08. The topological polar surface area (TPSA) is 54.3 Å². The molecule has 0 unspecified atom stereocenters. The Balaban J connectivity index is 0.00000261. The predicted molar refractivity (Wildman–Crippen MR) is 110 cm³/mol. The fourth-order valence-electron chi connectivity index (χ4n) is 2.68. The van der Waals surface area contributed by atoms with Gasteiger partial charge in [0.05, 0.1) is 0 Å². The number of fused-ring (bicyclic) bond motifs is 1. The fraction of sp³-hybridized carbons (Fsp3) is 0.250. The molecule has 144 valence electrons. The molecule has 0 fully saturated rings. The van der Waals surface area contributed by atoms with E-state index in [0.717, 1.165) is 23.9 Å². The first kappa shape index (κ1) is 21.3. The second kappa shape index (κ2) is 10.3. The number of carbonyl (C=O) groups is 1. The van der Waals surface area contributed by atoms with E-state index in [0.29, 0.717) is 28.5 Å². The summed E-state index contributed by atoms with van der Waals surface area (Å²) < 4.78 is 19.7. The van der Waals surface area contributed by atoms with E-state index in [-0.39, 0.29) is 24.1 Å². The molecule has 0 radical (unpaired) electrons. The molecule has 2 N–H and O–H groups in total. The van der Waals surface area contributed by atoms with Crippen molar-refractivity contribution in [2.24, 2.45) is 0 Å². The maximum Gasteiger partial charge on any atom is 0.287 e. The minimum atomic E-state index is -0.261. The van der Waals surface area contributed by atoms with E-state index in [1.807, 2.05) is 31.3 Å². The monoisotopic (exact) mass is 408 g/mol. The molecule has 2 aromatic carbocycles. The van der Waals surface area contributed by atoms with Gasteiger partial charge in [-0.05, 0) is 38.2 Å². The molecule has 27 heavy (non-hydrogen) atoms. The number of hydrogen-bond donors (Lipinski definition) is 2. The summed E-state index contributed by atoms with van der Waals surface area (Å²) in [7, 11) is 1.87. The average molecular weight is 409 g/mol. The van der Waals surface area contributed by atoms with Crippen LogP contribution in [0.4, 0.5) is 4.39 Å². The van der Waals surface area contributed by atoms with Gasteiger partial charge in [-0.2, -0.15) is 0 Å². The SMILES string of the molecule is CNCCCNC(=O)c1oc2ccccc2c1CSc1ccccc1F.Cl. The van der Waals surface area contributed by atoms with E-state index in [1.54, 1.807) is 18.2 Å². The summed E-state index contributed by atoms with van der Waals surface area (Å²) in [5, 5.41) is 6.82. The summed E-state index contributed by atoms with van der Waals surface area (Å²) in [4.78, 5) is 13.1. The number of para-hydroxylation sites is 1. The summed E-state index contributed by atoms with van der Waals surface area (Å²) in [5.74, 6) is 0.265. The third-order valence-electron chi connectivity index (χ3n) is 4.00. The smallest absolute Gasteiger partial charge is 0.287 e. The molecule has 0 spiro atoms. The van der Waals surface area contributed by atoms with Gasteiger partial charge >= 0.3 is 0 Å². The Hall–Kier alpha value is -2.02. The van der Waals surface area contributed by atoms with Gasteiger partial charge in [-0.1, -0.05) is 30.3 Å². The molecule has 0 aliphatic carbocycles. The van der Waals surface area contributed by atoms with Gasteiger partial charge in [0.15, 0.2) is 5.76 Å². The highest BCUT2D eigenvalue weighted by Crippen LogP contribution is 2.32. The van der Waals surface area contributed by atoms with Crippen LogP contribution in [0.1, 0.15) is 22.5 Å². The highest BCUT2D eigenvalue weighted by atomic mass is 35.5. The summed E-state index contributed by atoms with van der Waals surface area (Å²) in [6.45, 7) is 1.40. The minimum Gasteiger partial charge on any atom is -0.451 e. The summed E-state index contributed by atoms with van der Waals surface area (Å²) >= 11 is 1.36. The third kappa shape index (κ3) is 5.25. The minimum absolute atomic E-state index is 0. The molecule has 0 bridgehead atoms. The number of rotatable bonds is 8. The van der Waals surface area contributed by atoms with Gasteiger partial charge in [0.2, 0.25) is 0 Å². The van der Waals surface area contributed by atoms with Crippen LogP contribution in [0.2, 0.25) is 0 Å². The van der Waals surface area contributed by atoms with Crippen molar-refractivity contribution in [2.45, 2.75) is 17.1 Å². The molecular weight excluding hydrogens is 387 g/mol. The average Bonchev–Trinajstić information content (AvgIpc) is 3.03. The highest BCUT2D eigenvalue weighted by molar-refractivity contribution is 7.98. The number of amides is 1. The van der Waals surface area contributed by atoms with Crippen LogP contribution in [0.25, 0.3) is 11.0 Å². The number of nitrogens with one attached hydrogen (secondary N) is 2. The molecule has 1 amide bonds. The number of thioether (sulfide) groups is 1. The van der Waals surface area contributed by atoms with Crippen molar-refractivity contribution >= 4 is 41.0 Å². The number of carbonyl (C=O) groups excluding carboxylic acids is 1. The summed E-state index contributed by atoms with van der Waals surface area (Å²) in [6, 6.07) is 14.2. The molecule has 0 saturated carbocycles. The summed E-state index contributed by atoms with van der Waals surface area (Å²) in [5.41, 5.74) is 1.46. The lowest BCUT2D eigenvalue weighted by Gasteiger charge is -2.06. The van der Waals surface area contributed by atoms with Crippen molar-refractivity contribution < 1.29 is 13.6 Å². The molecule has 3 aromatic rings. The van der Waals surface area contributed by atoms with Crippen molar-refractivity contribution in [3.8, 4) is 0 Å². The Bertz CT molecular complexity index is 901. The maximum atomic E-state index is 13.9. The van der Waals surface area contributed by atoms with Crippen LogP contribution in [0.3, 0.4) is 0 Å². The number of benzene rings is 2. The molecule has 3 rings (SSSR count). The predicted octanol–water partition coefficient (Wildman–Crippen LogP) is 4.63. The Morgan fingerprint density at radius 1 is 1.11 bits per heavy atom. The van der Waals surface area contributed by atoms with Crippen LogP contribution in [-0.4, -0.2) is 26.0 Å². The molecule has 0 aliphatic rings. The summed E-state index contributed by atoms with van der Waals surface area (Å²) in [6.07, 6.45) is 0.835. The second-order valence-electron chi connectivity index (χ2n) is 5.84. The molecule has 1 aromatic heterocycles. The van der Waals surface area contributed by atoms with Gasteiger partial charge in [0, 0.05) is 28.1 Å². The zero-order valence-corrected chi connectivity index (χ0v) is 16.6. The van der Waals surface area contributed by atoms with Crippen LogP contribution >= 0.6 is 24.2 Å². The molecule has 0 saturated heterocycles. The van der Waals surface area contributed by atoms with Crippen LogP contribution in [-0.2, 0) is 5.75 Å². The van der Waals surface area contributed by atoms with E-state index in [2.05, 4.69) is 10.6 Å². The van der Waals surface area contributed by atoms with Gasteiger partial charge in [-0.15, -0.1) is 24.2 Å². The van der Waals surface area contributed by atoms with Gasteiger partial charge < -0.3 is 15.1 Å². The number of halogens is 2. The second-order valence-corrected chi connectivity index (χ2v) is 6.86. The van der Waals surface area contributed by atoms with Crippen molar-refractivity contribution in [3.05, 3.63) is 65.7 Å². The first-order chi connectivity index (χ1) is 12.7. The molecule has 7 heteroatoms. The van der Waals surface area contributed by atoms with E-state index in [9.17, 15) is 9.18 Å². The number of furan rings is 1. The van der Waals surface area contributed by atoms with Crippen molar-refractivity contribution in [1.82, 2.24) is 10.6 Å². The van der Waals surface area contributed by atoms with Crippen molar-refractivity contribution in [2.75, 3.05) is 20.1 Å². The Morgan fingerprint density at radius 2 is 1.85 bits per heavy atom. The highest BCUT2D eigenvalue weighted by Gasteiger charge is 2.20. The molecule has 0 atom stereocenters. The van der Waals surface area contributed by atoms with E-state index in [4.69, 9.17) is 4.42 Å². The number of hydrogen-bond acceptors (Lipinski definition) is 4. The Labute approximate surface area is 168 Å². The molecule has 1 heterocycles.